The maximum atomic E-state index is 13.6. The van der Waals surface area contributed by atoms with Crippen molar-refractivity contribution in [2.45, 2.75) is 19.5 Å². The van der Waals surface area contributed by atoms with Gasteiger partial charge in [-0.2, -0.15) is 0 Å². The molecule has 0 fully saturated rings. The summed E-state index contributed by atoms with van der Waals surface area (Å²) in [7, 11) is 1.80. The molecule has 0 aromatic heterocycles. The number of nitrogens with zero attached hydrogens (tertiary/aromatic N) is 1. The molecule has 2 rings (SSSR count). The molecule has 1 N–H and O–H groups in total. The van der Waals surface area contributed by atoms with Crippen LogP contribution in [0.4, 0.5) is 4.39 Å². The summed E-state index contributed by atoms with van der Waals surface area (Å²) in [6, 6.07) is 16.4. The van der Waals surface area contributed by atoms with E-state index in [0.29, 0.717) is 12.1 Å². The Morgan fingerprint density at radius 2 is 1.77 bits per heavy atom. The highest BCUT2D eigenvalue weighted by molar-refractivity contribution is 5.78. The minimum atomic E-state index is -0.243. The Labute approximate surface area is 130 Å². The second-order valence-electron chi connectivity index (χ2n) is 5.46. The lowest BCUT2D eigenvalue weighted by Gasteiger charge is -2.19. The molecule has 2 aromatic carbocycles. The highest BCUT2D eigenvalue weighted by Gasteiger charge is 2.12. The van der Waals surface area contributed by atoms with Crippen LogP contribution in [-0.2, 0) is 11.3 Å². The van der Waals surface area contributed by atoms with Crippen LogP contribution in [0, 0.1) is 5.82 Å². The van der Waals surface area contributed by atoms with E-state index in [2.05, 4.69) is 5.32 Å². The highest BCUT2D eigenvalue weighted by Crippen LogP contribution is 2.11. The van der Waals surface area contributed by atoms with Crippen molar-refractivity contribution < 1.29 is 9.18 Å². The number of halogens is 1. The van der Waals surface area contributed by atoms with Gasteiger partial charge in [-0.15, -0.1) is 0 Å². The summed E-state index contributed by atoms with van der Waals surface area (Å²) in [6.07, 6.45) is 0. The summed E-state index contributed by atoms with van der Waals surface area (Å²) < 4.78 is 13.6. The Hall–Kier alpha value is -2.20. The van der Waals surface area contributed by atoms with E-state index in [9.17, 15) is 9.18 Å². The van der Waals surface area contributed by atoms with Crippen molar-refractivity contribution in [1.82, 2.24) is 10.2 Å². The highest BCUT2D eigenvalue weighted by atomic mass is 19.1. The van der Waals surface area contributed by atoms with Gasteiger partial charge in [-0.05, 0) is 25.6 Å². The monoisotopic (exact) mass is 300 g/mol. The Morgan fingerprint density at radius 1 is 1.14 bits per heavy atom. The van der Waals surface area contributed by atoms with E-state index >= 15 is 0 Å². The van der Waals surface area contributed by atoms with Gasteiger partial charge in [0.1, 0.15) is 5.82 Å². The molecule has 0 saturated heterocycles. The predicted octanol–water partition coefficient (Wildman–Crippen LogP) is 3.13. The fraction of sp³-hybridized carbons (Fsp3) is 0.278. The van der Waals surface area contributed by atoms with Crippen molar-refractivity contribution in [2.75, 3.05) is 13.6 Å². The van der Waals surface area contributed by atoms with Crippen LogP contribution in [0.2, 0.25) is 0 Å². The largest absolute Gasteiger partial charge is 0.348 e. The van der Waals surface area contributed by atoms with E-state index in [1.54, 1.807) is 30.1 Å². The van der Waals surface area contributed by atoms with Crippen LogP contribution in [0.25, 0.3) is 0 Å². The zero-order valence-electron chi connectivity index (χ0n) is 12.9. The van der Waals surface area contributed by atoms with Crippen LogP contribution in [0.3, 0.4) is 0 Å². The fourth-order valence-corrected chi connectivity index (χ4v) is 2.33. The second kappa shape index (κ2) is 7.71. The van der Waals surface area contributed by atoms with Crippen molar-refractivity contribution in [3.05, 3.63) is 71.5 Å². The third kappa shape index (κ3) is 4.67. The molecule has 1 atom stereocenters. The smallest absolute Gasteiger partial charge is 0.234 e. The molecule has 0 saturated carbocycles. The number of likely N-dealkylation sites (N-methyl/N-ethyl adjacent to an activating group) is 1. The molecule has 0 radical (unpaired) electrons. The predicted molar refractivity (Wildman–Crippen MR) is 85.7 cm³/mol. The van der Waals surface area contributed by atoms with E-state index in [0.717, 1.165) is 5.56 Å². The molecule has 3 nitrogen and oxygen atoms in total. The summed E-state index contributed by atoms with van der Waals surface area (Å²) in [5.41, 5.74) is 1.65. The summed E-state index contributed by atoms with van der Waals surface area (Å²) >= 11 is 0. The summed E-state index contributed by atoms with van der Waals surface area (Å²) in [5, 5.41) is 2.95. The zero-order chi connectivity index (χ0) is 15.9. The van der Waals surface area contributed by atoms with Crippen molar-refractivity contribution >= 4 is 5.91 Å². The van der Waals surface area contributed by atoms with Gasteiger partial charge in [-0.3, -0.25) is 9.69 Å². The van der Waals surface area contributed by atoms with Crippen LogP contribution in [0.1, 0.15) is 24.1 Å². The van der Waals surface area contributed by atoms with Gasteiger partial charge in [0.05, 0.1) is 12.6 Å². The second-order valence-corrected chi connectivity index (χ2v) is 5.46. The third-order valence-corrected chi connectivity index (χ3v) is 3.49. The molecule has 116 valence electrons. The number of nitrogens with one attached hydrogen (secondary N) is 1. The summed E-state index contributed by atoms with van der Waals surface area (Å²) in [6.45, 7) is 2.58. The summed E-state index contributed by atoms with van der Waals surface area (Å²) in [5.74, 6) is -0.317. The molecule has 2 aromatic rings. The number of hydrogen-bond donors (Lipinski definition) is 1. The lowest BCUT2D eigenvalue weighted by atomic mass is 10.1. The minimum absolute atomic E-state index is 0.0458. The van der Waals surface area contributed by atoms with Gasteiger partial charge in [-0.25, -0.2) is 4.39 Å². The topological polar surface area (TPSA) is 32.3 Å². The first-order valence-corrected chi connectivity index (χ1v) is 7.32. The molecular formula is C18H21FN2O. The molecule has 0 heterocycles. The number of carbonyl (C=O) groups excluding carboxylic acids is 1. The fourth-order valence-electron chi connectivity index (χ4n) is 2.33. The van der Waals surface area contributed by atoms with E-state index in [1.807, 2.05) is 37.3 Å². The number of carbonyl (C=O) groups is 1. The molecule has 0 spiro atoms. The molecule has 0 aliphatic carbocycles. The molecule has 1 amide bonds. The molecular weight excluding hydrogens is 279 g/mol. The number of hydrogen-bond acceptors (Lipinski definition) is 2. The average molecular weight is 300 g/mol. The Kier molecular flexibility index (Phi) is 5.67. The van der Waals surface area contributed by atoms with Gasteiger partial charge in [-0.1, -0.05) is 48.5 Å². The van der Waals surface area contributed by atoms with Crippen molar-refractivity contribution in [3.63, 3.8) is 0 Å². The minimum Gasteiger partial charge on any atom is -0.348 e. The Bertz CT molecular complexity index is 615. The van der Waals surface area contributed by atoms with Crippen molar-refractivity contribution in [2.24, 2.45) is 0 Å². The van der Waals surface area contributed by atoms with Crippen LogP contribution in [0.15, 0.2) is 54.6 Å². The summed E-state index contributed by atoms with van der Waals surface area (Å²) in [4.78, 5) is 13.9. The lowest BCUT2D eigenvalue weighted by molar-refractivity contribution is -0.122. The van der Waals surface area contributed by atoms with Crippen molar-refractivity contribution in [1.29, 1.82) is 0 Å². The van der Waals surface area contributed by atoms with E-state index in [-0.39, 0.29) is 24.3 Å². The van der Waals surface area contributed by atoms with Crippen molar-refractivity contribution in [3.8, 4) is 0 Å². The molecule has 0 unspecified atom stereocenters. The number of amides is 1. The SMILES string of the molecule is C[C@H](NC(=O)CN(C)Cc1ccccc1F)c1ccccc1. The first-order chi connectivity index (χ1) is 10.6. The van der Waals surface area contributed by atoms with Gasteiger partial charge < -0.3 is 5.32 Å². The van der Waals surface area contributed by atoms with Crippen LogP contribution < -0.4 is 5.32 Å². The normalized spacial score (nSPS) is 12.2. The quantitative estimate of drug-likeness (QED) is 0.889. The molecule has 0 aliphatic heterocycles. The standard InChI is InChI=1S/C18H21FN2O/c1-14(15-8-4-3-5-9-15)20-18(22)13-21(2)12-16-10-6-7-11-17(16)19/h3-11,14H,12-13H2,1-2H3,(H,20,22)/t14-/m0/s1. The third-order valence-electron chi connectivity index (χ3n) is 3.49. The molecule has 0 aliphatic rings. The van der Waals surface area contributed by atoms with E-state index in [1.165, 1.54) is 6.07 Å². The average Bonchev–Trinajstić information content (AvgIpc) is 2.50. The van der Waals surface area contributed by atoms with E-state index in [4.69, 9.17) is 0 Å². The van der Waals surface area contributed by atoms with Crippen LogP contribution in [0.5, 0.6) is 0 Å². The van der Waals surface area contributed by atoms with E-state index < -0.39 is 0 Å². The van der Waals surface area contributed by atoms with Gasteiger partial charge in [0.15, 0.2) is 0 Å². The maximum absolute atomic E-state index is 13.6. The van der Waals surface area contributed by atoms with Crippen LogP contribution in [-0.4, -0.2) is 24.4 Å². The first kappa shape index (κ1) is 16.2. The Balaban J connectivity index is 1.85. The van der Waals surface area contributed by atoms with Gasteiger partial charge in [0.2, 0.25) is 5.91 Å². The Morgan fingerprint density at radius 3 is 2.45 bits per heavy atom. The number of rotatable bonds is 6. The first-order valence-electron chi connectivity index (χ1n) is 7.32. The van der Waals surface area contributed by atoms with Crippen LogP contribution >= 0.6 is 0 Å². The lowest BCUT2D eigenvalue weighted by Crippen LogP contribution is -2.36. The molecule has 4 heteroatoms. The van der Waals surface area contributed by atoms with Gasteiger partial charge >= 0.3 is 0 Å². The maximum Gasteiger partial charge on any atom is 0.234 e. The molecule has 0 bridgehead atoms. The zero-order valence-corrected chi connectivity index (χ0v) is 12.9. The van der Waals surface area contributed by atoms with Gasteiger partial charge in [0.25, 0.3) is 0 Å². The molecule has 22 heavy (non-hydrogen) atoms. The number of benzene rings is 2. The van der Waals surface area contributed by atoms with Gasteiger partial charge in [0, 0.05) is 12.1 Å².